The van der Waals surface area contributed by atoms with Gasteiger partial charge in [0, 0.05) is 13.1 Å². The van der Waals surface area contributed by atoms with E-state index >= 15 is 0 Å². The van der Waals surface area contributed by atoms with Gasteiger partial charge < -0.3 is 5.11 Å². The first-order valence-electron chi connectivity index (χ1n) is 3.81. The second-order valence-corrected chi connectivity index (χ2v) is 2.60. The number of nitrogens with zero attached hydrogens (tertiary/aromatic N) is 2. The second-order valence-electron chi connectivity index (χ2n) is 2.60. The van der Waals surface area contributed by atoms with Crippen LogP contribution in [-0.2, 0) is 4.79 Å². The largest absolute Gasteiger partial charge is 0.477 e. The third-order valence-corrected chi connectivity index (χ3v) is 1.66. The fourth-order valence-electron chi connectivity index (χ4n) is 1.12. The fraction of sp³-hybridized carbons (Fsp3) is 0.714. The number of hydrogen-bond donors (Lipinski definition) is 1. The number of carboxylic acids is 1. The molecule has 1 aliphatic heterocycles. The van der Waals surface area contributed by atoms with Crippen molar-refractivity contribution >= 4 is 24.6 Å². The van der Waals surface area contributed by atoms with Crippen LogP contribution in [0.1, 0.15) is 19.3 Å². The van der Waals surface area contributed by atoms with Crippen LogP contribution in [0.4, 0.5) is 0 Å². The summed E-state index contributed by atoms with van der Waals surface area (Å²) in [4.78, 5) is 10.1. The van der Waals surface area contributed by atoms with Gasteiger partial charge in [0.1, 0.15) is 6.21 Å². The van der Waals surface area contributed by atoms with Crippen molar-refractivity contribution in [1.29, 1.82) is 0 Å². The van der Waals surface area contributed by atoms with Gasteiger partial charge in [0.25, 0.3) is 0 Å². The molecule has 5 heteroatoms. The molecule has 0 amide bonds. The number of rotatable bonds is 2. The maximum atomic E-state index is 10.1. The minimum absolute atomic E-state index is 0. The highest BCUT2D eigenvalue weighted by molar-refractivity contribution is 6.21. The number of hydrazone groups is 1. The number of piperidine rings is 1. The second kappa shape index (κ2) is 5.83. The molecule has 1 fully saturated rings. The summed E-state index contributed by atoms with van der Waals surface area (Å²) in [5.74, 6) is -0.976. The van der Waals surface area contributed by atoms with E-state index in [1.165, 1.54) is 6.42 Å². The van der Waals surface area contributed by atoms with Crippen molar-refractivity contribution in [2.75, 3.05) is 13.1 Å². The minimum atomic E-state index is -0.976. The van der Waals surface area contributed by atoms with Gasteiger partial charge in [-0.1, -0.05) is 0 Å². The van der Waals surface area contributed by atoms with Gasteiger partial charge in [-0.05, 0) is 19.3 Å². The molecule has 0 aromatic rings. The highest BCUT2D eigenvalue weighted by atomic mass is 35.5. The number of carboxylic acid groups (broad SMARTS) is 1. The minimum Gasteiger partial charge on any atom is -0.477 e. The smallest absolute Gasteiger partial charge is 0.348 e. The van der Waals surface area contributed by atoms with Crippen LogP contribution in [0.5, 0.6) is 0 Å². The van der Waals surface area contributed by atoms with Crippen LogP contribution in [0, 0.1) is 0 Å². The van der Waals surface area contributed by atoms with E-state index in [1.807, 2.05) is 0 Å². The van der Waals surface area contributed by atoms with E-state index in [1.54, 1.807) is 5.01 Å². The highest BCUT2D eigenvalue weighted by Crippen LogP contribution is 2.07. The van der Waals surface area contributed by atoms with E-state index < -0.39 is 5.97 Å². The predicted molar refractivity (Wildman–Crippen MR) is 48.8 cm³/mol. The third-order valence-electron chi connectivity index (χ3n) is 1.66. The number of carbonyl (C=O) groups is 1. The fourth-order valence-corrected chi connectivity index (χ4v) is 1.12. The van der Waals surface area contributed by atoms with E-state index in [0.29, 0.717) is 0 Å². The van der Waals surface area contributed by atoms with Crippen molar-refractivity contribution in [2.24, 2.45) is 5.10 Å². The molecular weight excluding hydrogens is 180 g/mol. The van der Waals surface area contributed by atoms with Gasteiger partial charge in [-0.3, -0.25) is 5.01 Å². The monoisotopic (exact) mass is 192 g/mol. The molecule has 0 bridgehead atoms. The molecule has 0 spiro atoms. The van der Waals surface area contributed by atoms with Crippen LogP contribution in [-0.4, -0.2) is 35.4 Å². The molecule has 0 atom stereocenters. The van der Waals surface area contributed by atoms with Crippen LogP contribution < -0.4 is 0 Å². The summed E-state index contributed by atoms with van der Waals surface area (Å²) in [6.45, 7) is 1.79. The maximum Gasteiger partial charge on any atom is 0.348 e. The molecule has 0 aliphatic carbocycles. The average molecular weight is 193 g/mol. The molecule has 0 radical (unpaired) electrons. The van der Waals surface area contributed by atoms with Gasteiger partial charge in [0.05, 0.1) is 0 Å². The zero-order valence-corrected chi connectivity index (χ0v) is 7.59. The van der Waals surface area contributed by atoms with E-state index in [9.17, 15) is 4.79 Å². The van der Waals surface area contributed by atoms with Crippen molar-refractivity contribution in [3.8, 4) is 0 Å². The van der Waals surface area contributed by atoms with Crippen molar-refractivity contribution in [2.45, 2.75) is 19.3 Å². The molecule has 1 saturated heterocycles. The Hall–Kier alpha value is -0.770. The lowest BCUT2D eigenvalue weighted by Crippen LogP contribution is -2.25. The van der Waals surface area contributed by atoms with Gasteiger partial charge in [-0.15, -0.1) is 12.4 Å². The molecule has 4 nitrogen and oxygen atoms in total. The molecular formula is C7H13ClN2O2. The first kappa shape index (κ1) is 11.2. The molecule has 1 N–H and O–H groups in total. The van der Waals surface area contributed by atoms with Crippen LogP contribution in [0.15, 0.2) is 5.10 Å². The summed E-state index contributed by atoms with van der Waals surface area (Å²) in [6, 6.07) is 0. The highest BCUT2D eigenvalue weighted by Gasteiger charge is 2.06. The standard InChI is InChI=1S/C7H12N2O2.ClH/c10-7(11)6-8-9-4-2-1-3-5-9;/h6H,1-5H2,(H,10,11);1H/b8-6+;. The van der Waals surface area contributed by atoms with Gasteiger partial charge in [-0.25, -0.2) is 4.79 Å². The van der Waals surface area contributed by atoms with Gasteiger partial charge >= 0.3 is 5.97 Å². The number of aliphatic carboxylic acids is 1. The first-order chi connectivity index (χ1) is 5.29. The lowest BCUT2D eigenvalue weighted by molar-refractivity contribution is -0.128. The van der Waals surface area contributed by atoms with E-state index in [2.05, 4.69) is 5.10 Å². The van der Waals surface area contributed by atoms with E-state index in [0.717, 1.165) is 32.1 Å². The Labute approximate surface area is 77.7 Å². The zero-order valence-electron chi connectivity index (χ0n) is 6.77. The summed E-state index contributed by atoms with van der Waals surface area (Å²) < 4.78 is 0. The Morgan fingerprint density at radius 2 is 1.92 bits per heavy atom. The van der Waals surface area contributed by atoms with Crippen LogP contribution >= 0.6 is 12.4 Å². The van der Waals surface area contributed by atoms with Gasteiger partial charge in [-0.2, -0.15) is 5.10 Å². The molecule has 1 heterocycles. The Kier molecular flexibility index (Phi) is 5.45. The number of hydrogen-bond acceptors (Lipinski definition) is 3. The summed E-state index contributed by atoms with van der Waals surface area (Å²) >= 11 is 0. The summed E-state index contributed by atoms with van der Waals surface area (Å²) in [5.41, 5.74) is 0. The topological polar surface area (TPSA) is 52.9 Å². The summed E-state index contributed by atoms with van der Waals surface area (Å²) in [6.07, 6.45) is 4.43. The Balaban J connectivity index is 0.00000121. The van der Waals surface area contributed by atoms with Gasteiger partial charge in [0.15, 0.2) is 0 Å². The first-order valence-corrected chi connectivity index (χ1v) is 3.81. The Morgan fingerprint density at radius 3 is 2.42 bits per heavy atom. The van der Waals surface area contributed by atoms with Crippen molar-refractivity contribution < 1.29 is 9.90 Å². The molecule has 1 aliphatic rings. The average Bonchev–Trinajstić information content (AvgIpc) is 2.03. The normalized spacial score (nSPS) is 17.5. The molecule has 70 valence electrons. The van der Waals surface area contributed by atoms with Crippen molar-refractivity contribution in [3.05, 3.63) is 0 Å². The summed E-state index contributed by atoms with van der Waals surface area (Å²) in [5, 5.41) is 13.9. The molecule has 0 aromatic carbocycles. The predicted octanol–water partition coefficient (Wildman–Crippen LogP) is 0.964. The van der Waals surface area contributed by atoms with Crippen molar-refractivity contribution in [3.63, 3.8) is 0 Å². The van der Waals surface area contributed by atoms with Crippen molar-refractivity contribution in [1.82, 2.24) is 5.01 Å². The van der Waals surface area contributed by atoms with Gasteiger partial charge in [0.2, 0.25) is 0 Å². The number of halogens is 1. The maximum absolute atomic E-state index is 10.1. The molecule has 0 unspecified atom stereocenters. The van der Waals surface area contributed by atoms with Crippen LogP contribution in [0.25, 0.3) is 0 Å². The lowest BCUT2D eigenvalue weighted by Gasteiger charge is -2.22. The molecule has 12 heavy (non-hydrogen) atoms. The van der Waals surface area contributed by atoms with Crippen LogP contribution in [0.2, 0.25) is 0 Å². The van der Waals surface area contributed by atoms with Crippen LogP contribution in [0.3, 0.4) is 0 Å². The lowest BCUT2D eigenvalue weighted by atomic mass is 10.2. The molecule has 0 saturated carbocycles. The molecule has 0 aromatic heterocycles. The quantitative estimate of drug-likeness (QED) is 0.664. The Bertz CT molecular complexity index is 167. The zero-order chi connectivity index (χ0) is 8.10. The Morgan fingerprint density at radius 1 is 1.33 bits per heavy atom. The summed E-state index contributed by atoms with van der Waals surface area (Å²) in [7, 11) is 0. The van der Waals surface area contributed by atoms with E-state index in [-0.39, 0.29) is 12.4 Å². The SMILES string of the molecule is Cl.O=C(O)/C=N/N1CCCCC1. The third kappa shape index (κ3) is 4.18. The van der Waals surface area contributed by atoms with E-state index in [4.69, 9.17) is 5.11 Å². The molecule has 1 rings (SSSR count).